The lowest BCUT2D eigenvalue weighted by atomic mass is 10.1. The van der Waals surface area contributed by atoms with Crippen molar-refractivity contribution in [3.05, 3.63) is 70.3 Å². The van der Waals surface area contributed by atoms with Crippen molar-refractivity contribution in [2.75, 3.05) is 19.6 Å². The van der Waals surface area contributed by atoms with Gasteiger partial charge in [-0.2, -0.15) is 5.10 Å². The zero-order valence-corrected chi connectivity index (χ0v) is 19.1. The van der Waals surface area contributed by atoms with Crippen LogP contribution in [0.1, 0.15) is 22.5 Å². The van der Waals surface area contributed by atoms with Gasteiger partial charge in [-0.25, -0.2) is 15.4 Å². The lowest BCUT2D eigenvalue weighted by Gasteiger charge is -2.11. The molecule has 0 aliphatic rings. The molecular formula is C25H26N4O3. The van der Waals surface area contributed by atoms with Gasteiger partial charge in [0, 0.05) is 28.4 Å². The molecule has 2 heterocycles. The van der Waals surface area contributed by atoms with Gasteiger partial charge in [-0.05, 0) is 75.2 Å². The maximum atomic E-state index is 6.27. The minimum Gasteiger partial charge on any atom is -0.493 e. The number of rotatable bonds is 5. The fourth-order valence-corrected chi connectivity index (χ4v) is 3.53. The molecule has 7 heteroatoms. The summed E-state index contributed by atoms with van der Waals surface area (Å²) in [5.74, 6) is 2.39. The van der Waals surface area contributed by atoms with Crippen LogP contribution >= 0.6 is 0 Å². The molecule has 0 fully saturated rings. The first-order valence-electron chi connectivity index (χ1n) is 10.3. The number of aryl methyl sites for hydroxylation is 4. The van der Waals surface area contributed by atoms with Gasteiger partial charge >= 0.3 is 0 Å². The van der Waals surface area contributed by atoms with Crippen LogP contribution in [0.2, 0.25) is 0 Å². The van der Waals surface area contributed by atoms with E-state index in [1.807, 2.05) is 50.2 Å². The Morgan fingerprint density at radius 1 is 0.812 bits per heavy atom. The second-order valence-electron chi connectivity index (χ2n) is 7.70. The normalized spacial score (nSPS) is 11.6. The van der Waals surface area contributed by atoms with Crippen molar-refractivity contribution in [3.63, 3.8) is 0 Å². The van der Waals surface area contributed by atoms with Crippen molar-refractivity contribution in [3.8, 4) is 22.8 Å². The van der Waals surface area contributed by atoms with Crippen molar-refractivity contribution >= 4 is 16.9 Å². The molecule has 164 valence electrons. The highest BCUT2D eigenvalue weighted by Gasteiger charge is 2.11. The first kappa shape index (κ1) is 21.4. The Morgan fingerprint density at radius 3 is 2.19 bits per heavy atom. The Kier molecular flexibility index (Phi) is 5.81. The van der Waals surface area contributed by atoms with Crippen LogP contribution in [0.3, 0.4) is 0 Å². The molecule has 0 aliphatic carbocycles. The van der Waals surface area contributed by atoms with Gasteiger partial charge in [0.25, 0.3) is 0 Å². The number of nitrogens with one attached hydrogen (secondary N) is 1. The summed E-state index contributed by atoms with van der Waals surface area (Å²) in [5, 5.41) is 6.25. The van der Waals surface area contributed by atoms with Crippen LogP contribution < -0.4 is 20.3 Å². The predicted molar refractivity (Wildman–Crippen MR) is 125 cm³/mol. The van der Waals surface area contributed by atoms with Gasteiger partial charge in [-0.3, -0.25) is 0 Å². The van der Waals surface area contributed by atoms with Gasteiger partial charge in [0.2, 0.25) is 5.95 Å². The van der Waals surface area contributed by atoms with Gasteiger partial charge in [-0.15, -0.1) is 0 Å². The zero-order chi connectivity index (χ0) is 22.8. The number of ether oxygens (including phenoxy) is 2. The molecule has 1 N–H and O–H groups in total. The summed E-state index contributed by atoms with van der Waals surface area (Å²) in [4.78, 5) is 8.83. The second-order valence-corrected chi connectivity index (χ2v) is 7.70. The van der Waals surface area contributed by atoms with E-state index in [-0.39, 0.29) is 0 Å². The highest BCUT2D eigenvalue weighted by atomic mass is 16.5. The number of benzene rings is 2. The summed E-state index contributed by atoms with van der Waals surface area (Å²) in [6.45, 7) is 7.99. The van der Waals surface area contributed by atoms with Crippen molar-refractivity contribution in [2.45, 2.75) is 27.7 Å². The van der Waals surface area contributed by atoms with E-state index < -0.39 is 0 Å². The Labute approximate surface area is 186 Å². The molecule has 0 unspecified atom stereocenters. The quantitative estimate of drug-likeness (QED) is 0.445. The summed E-state index contributed by atoms with van der Waals surface area (Å²) < 4.78 is 17.1. The second kappa shape index (κ2) is 8.70. The van der Waals surface area contributed by atoms with Crippen LogP contribution in [0.25, 0.3) is 22.3 Å². The maximum absolute atomic E-state index is 6.27. The summed E-state index contributed by atoms with van der Waals surface area (Å²) in [6, 6.07) is 13.6. The van der Waals surface area contributed by atoms with Crippen LogP contribution in [0.5, 0.6) is 11.5 Å². The average Bonchev–Trinajstić information content (AvgIpc) is 2.77. The molecule has 7 nitrogen and oxygen atoms in total. The molecule has 0 radical (unpaired) electrons. The van der Waals surface area contributed by atoms with E-state index in [1.165, 1.54) is 0 Å². The number of methoxy groups -OCH3 is 2. The molecule has 4 rings (SSSR count). The van der Waals surface area contributed by atoms with Crippen molar-refractivity contribution in [1.29, 1.82) is 0 Å². The molecule has 2 aromatic heterocycles. The lowest BCUT2D eigenvalue weighted by molar-refractivity contribution is 0.355. The van der Waals surface area contributed by atoms with Crippen LogP contribution in [-0.2, 0) is 0 Å². The fourth-order valence-electron chi connectivity index (χ4n) is 3.53. The first-order chi connectivity index (χ1) is 15.4. The number of hydrogen-bond donors (Lipinski definition) is 1. The Balaban J connectivity index is 1.90. The summed E-state index contributed by atoms with van der Waals surface area (Å²) in [5.41, 5.74) is 8.64. The van der Waals surface area contributed by atoms with E-state index in [0.717, 1.165) is 44.4 Å². The van der Waals surface area contributed by atoms with Crippen LogP contribution in [0.4, 0.5) is 5.95 Å². The number of aromatic nitrogens is 2. The molecule has 0 amide bonds. The molecule has 2 aromatic carbocycles. The number of nitrogens with zero attached hydrogens (tertiary/aromatic N) is 3. The summed E-state index contributed by atoms with van der Waals surface area (Å²) in [7, 11) is 3.22. The van der Waals surface area contributed by atoms with E-state index in [9.17, 15) is 0 Å². The van der Waals surface area contributed by atoms with E-state index >= 15 is 0 Å². The fraction of sp³-hybridized carbons (Fsp3) is 0.240. The Bertz CT molecular complexity index is 1360. The van der Waals surface area contributed by atoms with E-state index in [1.54, 1.807) is 14.2 Å². The van der Waals surface area contributed by atoms with Gasteiger partial charge in [0.05, 0.1) is 19.6 Å². The zero-order valence-electron chi connectivity index (χ0n) is 19.1. The first-order valence-corrected chi connectivity index (χ1v) is 10.3. The highest BCUT2D eigenvalue weighted by molar-refractivity contribution is 5.80. The van der Waals surface area contributed by atoms with Crippen molar-refractivity contribution in [1.82, 2.24) is 9.97 Å². The molecule has 0 saturated carbocycles. The van der Waals surface area contributed by atoms with Crippen LogP contribution in [-0.4, -0.2) is 24.2 Å². The molecule has 0 saturated heterocycles. The number of hydrogen-bond acceptors (Lipinski definition) is 7. The molecule has 32 heavy (non-hydrogen) atoms. The third-order valence-corrected chi connectivity index (χ3v) is 5.29. The third kappa shape index (κ3) is 4.27. The number of fused-ring (bicyclic) bond motifs is 1. The molecule has 0 aliphatic heterocycles. The standard InChI is InChI=1S/C25H26N4O3/c1-14-9-19-20(28-29-25-26-16(3)11-17(4)27-25)13-22(32-23(19)10-15(14)2)18-7-8-21(30-5)24(12-18)31-6/h7-13H,1-6H3,(H,26,27,29). The van der Waals surface area contributed by atoms with Crippen LogP contribution in [0, 0.1) is 27.7 Å². The highest BCUT2D eigenvalue weighted by Crippen LogP contribution is 2.33. The third-order valence-electron chi connectivity index (χ3n) is 5.29. The maximum Gasteiger partial charge on any atom is 0.243 e. The van der Waals surface area contributed by atoms with Crippen LogP contribution in [0.15, 0.2) is 52.0 Å². The van der Waals surface area contributed by atoms with E-state index in [0.29, 0.717) is 23.2 Å². The average molecular weight is 431 g/mol. The Morgan fingerprint density at radius 2 is 1.50 bits per heavy atom. The summed E-state index contributed by atoms with van der Waals surface area (Å²) >= 11 is 0. The molecule has 0 spiro atoms. The van der Waals surface area contributed by atoms with Gasteiger partial charge in [0.1, 0.15) is 11.3 Å². The lowest BCUT2D eigenvalue weighted by Crippen LogP contribution is -2.10. The van der Waals surface area contributed by atoms with Gasteiger partial charge < -0.3 is 13.9 Å². The minimum atomic E-state index is 0.452. The number of anilines is 1. The summed E-state index contributed by atoms with van der Waals surface area (Å²) in [6.07, 6.45) is 0. The van der Waals surface area contributed by atoms with E-state index in [2.05, 4.69) is 40.4 Å². The largest absolute Gasteiger partial charge is 0.493 e. The minimum absolute atomic E-state index is 0.452. The van der Waals surface area contributed by atoms with Crippen molar-refractivity contribution in [2.24, 2.45) is 5.10 Å². The molecule has 4 aromatic rings. The van der Waals surface area contributed by atoms with Crippen molar-refractivity contribution < 1.29 is 13.9 Å². The van der Waals surface area contributed by atoms with Gasteiger partial charge in [-0.1, -0.05) is 0 Å². The molecule has 0 atom stereocenters. The smallest absolute Gasteiger partial charge is 0.243 e. The predicted octanol–water partition coefficient (Wildman–Crippen LogP) is 5.07. The SMILES string of the molecule is COc1ccc(-c2cc(=NNc3nc(C)cc(C)n3)c3cc(C)c(C)cc3o2)cc1OC. The van der Waals surface area contributed by atoms with Gasteiger partial charge in [0.15, 0.2) is 11.5 Å². The molecule has 0 bridgehead atoms. The van der Waals surface area contributed by atoms with E-state index in [4.69, 9.17) is 13.9 Å². The molecular weight excluding hydrogens is 404 g/mol. The monoisotopic (exact) mass is 430 g/mol. The Hall–Kier alpha value is -3.87. The topological polar surface area (TPSA) is 81.8 Å².